The molecule has 2 aromatic rings. The van der Waals surface area contributed by atoms with E-state index >= 15 is 0 Å². The van der Waals surface area contributed by atoms with Crippen molar-refractivity contribution in [3.05, 3.63) is 60.7 Å². The Morgan fingerprint density at radius 3 is 0.929 bits per heavy atom. The Labute approximate surface area is 101 Å². The van der Waals surface area contributed by atoms with Gasteiger partial charge in [0.2, 0.25) is 0 Å². The summed E-state index contributed by atoms with van der Waals surface area (Å²) in [6, 6.07) is 20.3. The van der Waals surface area contributed by atoms with Crippen LogP contribution in [0.2, 0.25) is 0 Å². The summed E-state index contributed by atoms with van der Waals surface area (Å²) in [5, 5.41) is 0. The van der Waals surface area contributed by atoms with Crippen molar-refractivity contribution in [3.8, 4) is 0 Å². The van der Waals surface area contributed by atoms with Crippen LogP contribution in [0.4, 0.5) is 0 Å². The van der Waals surface area contributed by atoms with Gasteiger partial charge in [0.15, 0.2) is 0 Å². The summed E-state index contributed by atoms with van der Waals surface area (Å²) in [5.74, 6) is 0. The van der Waals surface area contributed by atoms with Gasteiger partial charge in [0.25, 0.3) is 0 Å². The topological polar surface area (TPSA) is 0 Å². The Morgan fingerprint density at radius 2 is 0.786 bits per heavy atom. The van der Waals surface area contributed by atoms with Crippen molar-refractivity contribution in [3.63, 3.8) is 0 Å². The number of hydrogen-bond donors (Lipinski definition) is 0. The molecule has 0 aliphatic rings. The normalized spacial score (nSPS) is 8.71. The van der Waals surface area contributed by atoms with E-state index in [0.717, 1.165) is 0 Å². The van der Waals surface area contributed by atoms with Crippen molar-refractivity contribution in [2.24, 2.45) is 0 Å². The molecule has 2 rings (SSSR count). The van der Waals surface area contributed by atoms with Gasteiger partial charge in [-0.15, -0.1) is 0 Å². The Hall–Kier alpha value is -0.521. The zero-order valence-electron chi connectivity index (χ0n) is 7.67. The quantitative estimate of drug-likeness (QED) is 0.619. The van der Waals surface area contributed by atoms with Gasteiger partial charge in [-0.1, -0.05) is 0 Å². The van der Waals surface area contributed by atoms with E-state index in [1.165, 1.54) is 8.92 Å². The van der Waals surface area contributed by atoms with Gasteiger partial charge in [-0.05, 0) is 0 Å². The molecule has 0 bridgehead atoms. The molecule has 2 heteroatoms. The fraction of sp³-hybridized carbons (Fsp3) is 0. The average Bonchev–Trinajstić information content (AvgIpc) is 2.21. The van der Waals surface area contributed by atoms with Crippen LogP contribution in [-0.2, 0) is 0 Å². The van der Waals surface area contributed by atoms with Crippen molar-refractivity contribution >= 4 is 40.9 Å². The van der Waals surface area contributed by atoms with Crippen LogP contribution in [0, 0.1) is 0 Å². The first kappa shape index (κ1) is 11.6. The summed E-state index contributed by atoms with van der Waals surface area (Å²) in [6.45, 7) is 0. The maximum absolute atomic E-state index is 2.49. The molecule has 0 unspecified atom stereocenters. The molecule has 0 aliphatic heterocycles. The summed E-state index contributed by atoms with van der Waals surface area (Å²) >= 11 is 4.99. The van der Waals surface area contributed by atoms with E-state index in [0.29, 0.717) is 0 Å². The van der Waals surface area contributed by atoms with Crippen LogP contribution in [0.5, 0.6) is 0 Å². The first-order valence-electron chi connectivity index (χ1n) is 4.27. The molecule has 0 saturated carbocycles. The van der Waals surface area contributed by atoms with Gasteiger partial charge >= 0.3 is 102 Å². The zero-order valence-corrected chi connectivity index (χ0v) is 11.4. The minimum atomic E-state index is 1.26. The Kier molecular flexibility index (Phi) is 5.66. The van der Waals surface area contributed by atoms with Gasteiger partial charge < -0.3 is 0 Å². The maximum atomic E-state index is 2.49. The molecule has 72 valence electrons. The first-order chi connectivity index (χ1) is 6.79. The molecule has 0 fully saturated rings. The predicted octanol–water partition coefficient (Wildman–Crippen LogP) is 0.425. The van der Waals surface area contributed by atoms with Crippen LogP contribution in [-0.4, -0.2) is 32.0 Å². The summed E-state index contributed by atoms with van der Waals surface area (Å²) in [7, 11) is 0. The van der Waals surface area contributed by atoms with Gasteiger partial charge in [-0.3, -0.25) is 0 Å². The monoisotopic (exact) mass is 316 g/mol. The average molecular weight is 314 g/mol. The second-order valence-electron chi connectivity index (χ2n) is 2.67. The van der Waals surface area contributed by atoms with Crippen LogP contribution in [0.3, 0.4) is 0 Å². The van der Waals surface area contributed by atoms with E-state index in [-0.39, 0.29) is 0 Å². The van der Waals surface area contributed by atoms with Gasteiger partial charge in [-0.25, -0.2) is 0 Å². The molecule has 0 aliphatic carbocycles. The third-order valence-electron chi connectivity index (χ3n) is 1.51. The Balaban J connectivity index is 0.000000140. The first-order valence-corrected chi connectivity index (χ1v) is 6.15. The summed E-state index contributed by atoms with van der Waals surface area (Å²) < 4.78 is 2.52. The third-order valence-corrected chi connectivity index (χ3v) is 2.76. The van der Waals surface area contributed by atoms with E-state index in [1.807, 2.05) is 36.4 Å². The summed E-state index contributed by atoms with van der Waals surface area (Å²) in [6.07, 6.45) is 0. The third kappa shape index (κ3) is 5.26. The minimum absolute atomic E-state index is 1.26. The molecule has 0 radical (unpaired) electrons. The molecule has 0 spiro atoms. The van der Waals surface area contributed by atoms with Crippen LogP contribution in [0.25, 0.3) is 0 Å². The molecule has 2 aromatic carbocycles. The van der Waals surface area contributed by atoms with Gasteiger partial charge in [-0.2, -0.15) is 0 Å². The number of rotatable bonds is 0. The molecule has 0 heterocycles. The van der Waals surface area contributed by atoms with Gasteiger partial charge in [0.05, 0.1) is 0 Å². The molecule has 14 heavy (non-hydrogen) atoms. The molecule has 0 nitrogen and oxygen atoms in total. The number of benzene rings is 2. The van der Waals surface area contributed by atoms with Crippen LogP contribution < -0.4 is 8.92 Å². The van der Waals surface area contributed by atoms with Gasteiger partial charge in [0.1, 0.15) is 0 Å². The summed E-state index contributed by atoms with van der Waals surface area (Å²) in [5.41, 5.74) is 0. The van der Waals surface area contributed by atoms with Crippen molar-refractivity contribution in [1.29, 1.82) is 0 Å². The molecular weight excluding hydrogens is 302 g/mol. The Bertz CT molecular complexity index is 306. The molecule has 0 atom stereocenters. The SMILES string of the molecule is [SeH]c1ccccc1.[SeH]c1ccccc1. The van der Waals surface area contributed by atoms with Crippen molar-refractivity contribution in [1.82, 2.24) is 0 Å². The Morgan fingerprint density at radius 1 is 0.500 bits per heavy atom. The van der Waals surface area contributed by atoms with Crippen LogP contribution in [0.1, 0.15) is 0 Å². The van der Waals surface area contributed by atoms with Crippen molar-refractivity contribution in [2.75, 3.05) is 0 Å². The van der Waals surface area contributed by atoms with Gasteiger partial charge in [0, 0.05) is 0 Å². The predicted molar refractivity (Wildman–Crippen MR) is 66.5 cm³/mol. The van der Waals surface area contributed by atoms with E-state index in [2.05, 4.69) is 56.3 Å². The van der Waals surface area contributed by atoms with E-state index in [9.17, 15) is 0 Å². The fourth-order valence-electron chi connectivity index (χ4n) is 0.856. The van der Waals surface area contributed by atoms with E-state index in [4.69, 9.17) is 0 Å². The second-order valence-corrected chi connectivity index (χ2v) is 4.84. The van der Waals surface area contributed by atoms with Crippen molar-refractivity contribution < 1.29 is 0 Å². The van der Waals surface area contributed by atoms with E-state index < -0.39 is 0 Å². The molecule has 0 amide bonds. The molecule has 0 saturated heterocycles. The zero-order chi connectivity index (χ0) is 10.2. The molecular formula is C12H12Se2. The second kappa shape index (κ2) is 6.86. The van der Waals surface area contributed by atoms with Crippen LogP contribution in [0.15, 0.2) is 60.7 Å². The van der Waals surface area contributed by atoms with E-state index in [1.54, 1.807) is 0 Å². The fourth-order valence-corrected chi connectivity index (χ4v) is 1.58. The molecule has 0 N–H and O–H groups in total. The number of hydrogen-bond acceptors (Lipinski definition) is 0. The van der Waals surface area contributed by atoms with Crippen molar-refractivity contribution in [2.45, 2.75) is 0 Å². The molecule has 0 aromatic heterocycles. The van der Waals surface area contributed by atoms with Crippen LogP contribution >= 0.6 is 0 Å². The standard InChI is InChI=1S/2C6H6Se/c2*7-6-4-2-1-3-5-6/h2*1-5,7H. The summed E-state index contributed by atoms with van der Waals surface area (Å²) in [4.78, 5) is 0.